The lowest BCUT2D eigenvalue weighted by molar-refractivity contribution is 0.0957. The molecule has 0 atom stereocenters. The van der Waals surface area contributed by atoms with Gasteiger partial charge in [0.05, 0.1) is 16.4 Å². The van der Waals surface area contributed by atoms with Crippen LogP contribution in [0.1, 0.15) is 27.3 Å². The van der Waals surface area contributed by atoms with Gasteiger partial charge in [-0.2, -0.15) is 10.4 Å². The van der Waals surface area contributed by atoms with Gasteiger partial charge in [-0.15, -0.1) is 11.3 Å². The molecule has 3 N–H and O–H groups in total. The number of nitrogens with one attached hydrogen (secondary N) is 1. The fourth-order valence-electron chi connectivity index (χ4n) is 3.25. The fraction of sp³-hybridized carbons (Fsp3) is 0.136. The molecule has 0 saturated carbocycles. The molecule has 2 heterocycles. The molecule has 6 nitrogen and oxygen atoms in total. The Labute approximate surface area is 186 Å². The molecule has 4 rings (SSSR count). The number of carbonyl (C=O) groups is 1. The predicted molar refractivity (Wildman–Crippen MR) is 120 cm³/mol. The van der Waals surface area contributed by atoms with Gasteiger partial charge in [0.2, 0.25) is 0 Å². The van der Waals surface area contributed by atoms with Crippen molar-refractivity contribution in [3.8, 4) is 11.8 Å². The molecule has 0 aliphatic heterocycles. The summed E-state index contributed by atoms with van der Waals surface area (Å²) in [6.45, 7) is 0.386. The number of halogens is 2. The highest BCUT2D eigenvalue weighted by molar-refractivity contribution is 7.21. The predicted octanol–water partition coefficient (Wildman–Crippen LogP) is 4.70. The Hall–Kier alpha value is -3.41. The van der Waals surface area contributed by atoms with Crippen LogP contribution < -0.4 is 11.1 Å². The number of rotatable bonds is 6. The lowest BCUT2D eigenvalue weighted by Gasteiger charge is -2.04. The first-order chi connectivity index (χ1) is 15.0. The largest absolute Gasteiger partial charge is 0.382 e. The van der Waals surface area contributed by atoms with Crippen molar-refractivity contribution in [1.82, 2.24) is 15.1 Å². The molecule has 31 heavy (non-hydrogen) atoms. The highest BCUT2D eigenvalue weighted by atomic mass is 35.5. The fourth-order valence-corrected chi connectivity index (χ4v) is 4.69. The quantitative estimate of drug-likeness (QED) is 0.413. The van der Waals surface area contributed by atoms with Crippen molar-refractivity contribution in [2.45, 2.75) is 12.8 Å². The average Bonchev–Trinajstić information content (AvgIpc) is 3.28. The van der Waals surface area contributed by atoms with Crippen LogP contribution in [0.3, 0.4) is 0 Å². The van der Waals surface area contributed by atoms with E-state index in [0.717, 1.165) is 10.1 Å². The second kappa shape index (κ2) is 8.76. The Kier molecular flexibility index (Phi) is 5.89. The maximum absolute atomic E-state index is 13.2. The molecule has 1 amide bonds. The van der Waals surface area contributed by atoms with E-state index in [0.29, 0.717) is 40.7 Å². The third-order valence-corrected chi connectivity index (χ3v) is 6.47. The molecule has 0 spiro atoms. The van der Waals surface area contributed by atoms with Crippen molar-refractivity contribution in [3.63, 3.8) is 0 Å². The molecule has 0 aliphatic rings. The minimum absolute atomic E-state index is 0.199. The number of aromatic nitrogens is 2. The molecule has 156 valence electrons. The molecule has 2 aromatic heterocycles. The van der Waals surface area contributed by atoms with Gasteiger partial charge in [0.25, 0.3) is 5.91 Å². The first-order valence-corrected chi connectivity index (χ1v) is 10.7. The molecule has 2 aromatic carbocycles. The van der Waals surface area contributed by atoms with Crippen LogP contribution in [0.5, 0.6) is 0 Å². The van der Waals surface area contributed by atoms with Crippen LogP contribution >= 0.6 is 22.9 Å². The third kappa shape index (κ3) is 4.10. The molecule has 0 aliphatic carbocycles. The van der Waals surface area contributed by atoms with Crippen molar-refractivity contribution in [3.05, 3.63) is 75.5 Å². The molecule has 0 fully saturated rings. The van der Waals surface area contributed by atoms with Crippen LogP contribution in [0.25, 0.3) is 15.8 Å². The third-order valence-electron chi connectivity index (χ3n) is 4.79. The van der Waals surface area contributed by atoms with Gasteiger partial charge in [-0.3, -0.25) is 4.79 Å². The maximum atomic E-state index is 13.2. The summed E-state index contributed by atoms with van der Waals surface area (Å²) >= 11 is 7.70. The molecular weight excluding hydrogens is 437 g/mol. The van der Waals surface area contributed by atoms with Crippen molar-refractivity contribution < 1.29 is 9.18 Å². The van der Waals surface area contributed by atoms with Crippen LogP contribution in [0.15, 0.2) is 48.5 Å². The Balaban J connectivity index is 1.42. The summed E-state index contributed by atoms with van der Waals surface area (Å²) in [5.74, 6) is -0.405. The Morgan fingerprint density at radius 2 is 2.00 bits per heavy atom. The number of nitrogen functional groups attached to an aromatic ring is 1. The summed E-state index contributed by atoms with van der Waals surface area (Å²) in [5, 5.41) is 18.1. The Bertz CT molecular complexity index is 1310. The average molecular weight is 454 g/mol. The number of benzene rings is 2. The SMILES string of the molecule is N#Cc1c(CCCNC(=O)c2sc3ccccc3c2Cl)nn(-c2ccc(F)cc2)c1N. The number of carbonyl (C=O) groups excluding carboxylic acids is 1. The van der Waals surface area contributed by atoms with Crippen molar-refractivity contribution >= 4 is 44.7 Å². The first-order valence-electron chi connectivity index (χ1n) is 9.48. The van der Waals surface area contributed by atoms with E-state index in [4.69, 9.17) is 17.3 Å². The van der Waals surface area contributed by atoms with Gasteiger partial charge in [0.1, 0.15) is 28.1 Å². The van der Waals surface area contributed by atoms with E-state index in [1.165, 1.54) is 28.2 Å². The number of nitrogens with zero attached hydrogens (tertiary/aromatic N) is 3. The number of fused-ring (bicyclic) bond motifs is 1. The molecule has 0 saturated heterocycles. The summed E-state index contributed by atoms with van der Waals surface area (Å²) in [6.07, 6.45) is 1.00. The molecular formula is C22H17ClFN5OS. The monoisotopic (exact) mass is 453 g/mol. The topological polar surface area (TPSA) is 96.7 Å². The minimum Gasteiger partial charge on any atom is -0.382 e. The van der Waals surface area contributed by atoms with Crippen molar-refractivity contribution in [2.75, 3.05) is 12.3 Å². The molecule has 9 heteroatoms. The van der Waals surface area contributed by atoms with Crippen molar-refractivity contribution in [2.24, 2.45) is 0 Å². The maximum Gasteiger partial charge on any atom is 0.262 e. The number of aryl methyl sites for hydroxylation is 1. The first kappa shape index (κ1) is 20.8. The van der Waals surface area contributed by atoms with E-state index < -0.39 is 0 Å². The molecule has 0 radical (unpaired) electrons. The van der Waals surface area contributed by atoms with Crippen LogP contribution in [-0.4, -0.2) is 22.2 Å². The number of amides is 1. The normalized spacial score (nSPS) is 10.9. The van der Waals surface area contributed by atoms with Crippen LogP contribution in [0.2, 0.25) is 5.02 Å². The van der Waals surface area contributed by atoms with Crippen LogP contribution in [0.4, 0.5) is 10.2 Å². The molecule has 0 unspecified atom stereocenters. The summed E-state index contributed by atoms with van der Waals surface area (Å²) in [4.78, 5) is 13.0. The zero-order chi connectivity index (χ0) is 22.0. The van der Waals surface area contributed by atoms with Gasteiger partial charge in [-0.05, 0) is 43.2 Å². The lowest BCUT2D eigenvalue weighted by atomic mass is 10.1. The van der Waals surface area contributed by atoms with E-state index >= 15 is 0 Å². The lowest BCUT2D eigenvalue weighted by Crippen LogP contribution is -2.24. The summed E-state index contributed by atoms with van der Waals surface area (Å²) in [6, 6.07) is 15.4. The summed E-state index contributed by atoms with van der Waals surface area (Å²) in [5.41, 5.74) is 7.44. The number of anilines is 1. The summed E-state index contributed by atoms with van der Waals surface area (Å²) in [7, 11) is 0. The van der Waals surface area contributed by atoms with E-state index in [2.05, 4.69) is 16.5 Å². The second-order valence-electron chi connectivity index (χ2n) is 6.81. The van der Waals surface area contributed by atoms with E-state index in [9.17, 15) is 14.4 Å². The van der Waals surface area contributed by atoms with Gasteiger partial charge < -0.3 is 11.1 Å². The zero-order valence-corrected chi connectivity index (χ0v) is 17.8. The van der Waals surface area contributed by atoms with Gasteiger partial charge in [-0.25, -0.2) is 9.07 Å². The Morgan fingerprint density at radius 3 is 2.71 bits per heavy atom. The van der Waals surface area contributed by atoms with E-state index in [1.807, 2.05) is 24.3 Å². The minimum atomic E-state index is -0.371. The number of nitrogens with two attached hydrogens (primary N) is 1. The van der Waals surface area contributed by atoms with Gasteiger partial charge >= 0.3 is 0 Å². The highest BCUT2D eigenvalue weighted by Gasteiger charge is 2.18. The van der Waals surface area contributed by atoms with Crippen LogP contribution in [0, 0.1) is 17.1 Å². The smallest absolute Gasteiger partial charge is 0.262 e. The van der Waals surface area contributed by atoms with E-state index in [-0.39, 0.29) is 23.1 Å². The standard InChI is InChI=1S/C22H17ClFN5OS/c23-19-15-4-1-2-6-18(15)31-20(19)22(30)27-11-3-5-17-16(12-25)21(26)29(28-17)14-9-7-13(24)8-10-14/h1-2,4,6-10H,3,5,11,26H2,(H,27,30). The number of nitriles is 1. The number of thiophene rings is 1. The summed E-state index contributed by atoms with van der Waals surface area (Å²) < 4.78 is 15.6. The zero-order valence-electron chi connectivity index (χ0n) is 16.2. The van der Waals surface area contributed by atoms with Crippen molar-refractivity contribution in [1.29, 1.82) is 5.26 Å². The van der Waals surface area contributed by atoms with Gasteiger partial charge in [0, 0.05) is 16.6 Å². The number of hydrogen-bond acceptors (Lipinski definition) is 5. The second-order valence-corrected chi connectivity index (χ2v) is 8.24. The number of hydrogen-bond donors (Lipinski definition) is 2. The molecule has 0 bridgehead atoms. The highest BCUT2D eigenvalue weighted by Crippen LogP contribution is 2.35. The van der Waals surface area contributed by atoms with E-state index in [1.54, 1.807) is 12.1 Å². The van der Waals surface area contributed by atoms with Crippen LogP contribution in [-0.2, 0) is 6.42 Å². The van der Waals surface area contributed by atoms with Gasteiger partial charge in [0.15, 0.2) is 0 Å². The Morgan fingerprint density at radius 1 is 1.26 bits per heavy atom. The molecule has 4 aromatic rings. The van der Waals surface area contributed by atoms with Gasteiger partial charge in [-0.1, -0.05) is 29.8 Å².